The van der Waals surface area contributed by atoms with Crippen LogP contribution in [0.1, 0.15) is 58.2 Å². The zero-order valence-corrected chi connectivity index (χ0v) is 14.2. The zero-order valence-electron chi connectivity index (χ0n) is 13.3. The van der Waals surface area contributed by atoms with Crippen molar-refractivity contribution in [2.24, 2.45) is 5.92 Å². The predicted molar refractivity (Wildman–Crippen MR) is 87.7 cm³/mol. The molecule has 0 radical (unpaired) electrons. The van der Waals surface area contributed by atoms with Gasteiger partial charge in [-0.3, -0.25) is 0 Å². The summed E-state index contributed by atoms with van der Waals surface area (Å²) in [7, 11) is 0. The maximum Gasteiger partial charge on any atom is 0.191 e. The van der Waals surface area contributed by atoms with E-state index in [1.54, 1.807) is 0 Å². The quantitative estimate of drug-likeness (QED) is 0.906. The van der Waals surface area contributed by atoms with Crippen LogP contribution in [0.5, 0.6) is 0 Å². The molecule has 1 aliphatic carbocycles. The van der Waals surface area contributed by atoms with Crippen molar-refractivity contribution in [2.45, 2.75) is 81.8 Å². The first-order chi connectivity index (χ1) is 10.3. The van der Waals surface area contributed by atoms with Gasteiger partial charge in [-0.15, -0.1) is 10.2 Å². The Balaban J connectivity index is 1.63. The molecule has 4 nitrogen and oxygen atoms in total. The monoisotopic (exact) mass is 308 g/mol. The molecule has 118 valence electrons. The average molecular weight is 308 g/mol. The molecule has 0 aromatic carbocycles. The Morgan fingerprint density at radius 2 is 2.14 bits per heavy atom. The summed E-state index contributed by atoms with van der Waals surface area (Å²) in [6.45, 7) is 6.90. The van der Waals surface area contributed by atoms with Crippen LogP contribution < -0.4 is 5.32 Å². The van der Waals surface area contributed by atoms with Gasteiger partial charge in [-0.1, -0.05) is 32.0 Å². The standard InChI is InChI=1S/C16H28N4S/c1-3-10-17-13-8-9-14(12(13)2)21-16-19-18-15-7-5-4-6-11-20(15)16/h12-14,17H,3-11H2,1-2H3. The molecule has 1 aromatic heterocycles. The maximum absolute atomic E-state index is 4.48. The maximum atomic E-state index is 4.48. The lowest BCUT2D eigenvalue weighted by Gasteiger charge is -2.21. The van der Waals surface area contributed by atoms with Crippen molar-refractivity contribution in [3.8, 4) is 0 Å². The van der Waals surface area contributed by atoms with Crippen LogP contribution in [0, 0.1) is 5.92 Å². The van der Waals surface area contributed by atoms with Gasteiger partial charge in [0.2, 0.25) is 0 Å². The molecule has 1 aliphatic heterocycles. The van der Waals surface area contributed by atoms with Crippen LogP contribution in [0.2, 0.25) is 0 Å². The normalized spacial score (nSPS) is 29.3. The molecule has 5 heteroatoms. The fraction of sp³-hybridized carbons (Fsp3) is 0.875. The Bertz CT molecular complexity index is 459. The molecular formula is C16H28N4S. The second kappa shape index (κ2) is 7.14. The molecule has 1 saturated carbocycles. The Labute approximate surface area is 132 Å². The van der Waals surface area contributed by atoms with Crippen molar-refractivity contribution >= 4 is 11.8 Å². The molecule has 1 N–H and O–H groups in total. The largest absolute Gasteiger partial charge is 0.314 e. The summed E-state index contributed by atoms with van der Waals surface area (Å²) in [5.74, 6) is 1.93. The summed E-state index contributed by atoms with van der Waals surface area (Å²) in [6, 6.07) is 0.689. The van der Waals surface area contributed by atoms with Crippen LogP contribution in [0.4, 0.5) is 0 Å². The number of thioether (sulfide) groups is 1. The van der Waals surface area contributed by atoms with Gasteiger partial charge >= 0.3 is 0 Å². The molecule has 2 aliphatic rings. The number of fused-ring (bicyclic) bond motifs is 1. The summed E-state index contributed by atoms with van der Waals surface area (Å²) in [5.41, 5.74) is 0. The summed E-state index contributed by atoms with van der Waals surface area (Å²) in [5, 5.41) is 14.5. The van der Waals surface area contributed by atoms with Crippen molar-refractivity contribution in [1.82, 2.24) is 20.1 Å². The van der Waals surface area contributed by atoms with Crippen molar-refractivity contribution in [3.63, 3.8) is 0 Å². The Kier molecular flexibility index (Phi) is 5.22. The molecule has 2 heterocycles. The predicted octanol–water partition coefficient (Wildman–Crippen LogP) is 3.26. The number of aryl methyl sites for hydroxylation is 1. The van der Waals surface area contributed by atoms with E-state index in [4.69, 9.17) is 0 Å². The van der Waals surface area contributed by atoms with E-state index in [1.165, 1.54) is 49.5 Å². The lowest BCUT2D eigenvalue weighted by molar-refractivity contribution is 0.431. The average Bonchev–Trinajstić information content (AvgIpc) is 2.93. The van der Waals surface area contributed by atoms with Gasteiger partial charge in [0.05, 0.1) is 0 Å². The summed E-state index contributed by atoms with van der Waals surface area (Å²) in [6.07, 6.45) is 8.81. The Morgan fingerprint density at radius 3 is 3.00 bits per heavy atom. The molecule has 1 fully saturated rings. The van der Waals surface area contributed by atoms with Crippen molar-refractivity contribution in [2.75, 3.05) is 6.54 Å². The van der Waals surface area contributed by atoms with Gasteiger partial charge in [-0.2, -0.15) is 0 Å². The third kappa shape index (κ3) is 3.45. The van der Waals surface area contributed by atoms with Gasteiger partial charge in [0, 0.05) is 24.3 Å². The first kappa shape index (κ1) is 15.3. The van der Waals surface area contributed by atoms with Gasteiger partial charge in [-0.25, -0.2) is 0 Å². The van der Waals surface area contributed by atoms with Crippen LogP contribution in [0.15, 0.2) is 5.16 Å². The van der Waals surface area contributed by atoms with E-state index in [-0.39, 0.29) is 0 Å². The van der Waals surface area contributed by atoms with Crippen LogP contribution >= 0.6 is 11.8 Å². The second-order valence-electron chi connectivity index (χ2n) is 6.51. The van der Waals surface area contributed by atoms with Crippen LogP contribution in [0.25, 0.3) is 0 Å². The minimum Gasteiger partial charge on any atom is -0.314 e. The van der Waals surface area contributed by atoms with Crippen LogP contribution in [-0.2, 0) is 13.0 Å². The van der Waals surface area contributed by atoms with E-state index in [2.05, 4.69) is 33.9 Å². The molecule has 0 amide bonds. The molecule has 0 spiro atoms. The molecule has 0 bridgehead atoms. The van der Waals surface area contributed by atoms with E-state index in [0.29, 0.717) is 11.3 Å². The van der Waals surface area contributed by atoms with Gasteiger partial charge in [0.15, 0.2) is 5.16 Å². The molecular weight excluding hydrogens is 280 g/mol. The molecule has 1 aromatic rings. The van der Waals surface area contributed by atoms with E-state index in [1.807, 2.05) is 11.8 Å². The van der Waals surface area contributed by atoms with Crippen LogP contribution in [-0.4, -0.2) is 32.6 Å². The second-order valence-corrected chi connectivity index (χ2v) is 7.72. The SMILES string of the molecule is CCCNC1CCC(Sc2nnc3n2CCCCC3)C1C. The topological polar surface area (TPSA) is 42.7 Å². The minimum absolute atomic E-state index is 0.689. The highest BCUT2D eigenvalue weighted by atomic mass is 32.2. The fourth-order valence-electron chi connectivity index (χ4n) is 3.59. The van der Waals surface area contributed by atoms with Crippen molar-refractivity contribution in [1.29, 1.82) is 0 Å². The number of hydrogen-bond donors (Lipinski definition) is 1. The number of nitrogens with one attached hydrogen (secondary N) is 1. The third-order valence-corrected chi connectivity index (χ3v) is 6.45. The van der Waals surface area contributed by atoms with Gasteiger partial charge in [0.25, 0.3) is 0 Å². The summed E-state index contributed by atoms with van der Waals surface area (Å²) >= 11 is 1.98. The number of hydrogen-bond acceptors (Lipinski definition) is 4. The van der Waals surface area contributed by atoms with Crippen molar-refractivity contribution < 1.29 is 0 Å². The Hall–Kier alpha value is -0.550. The number of nitrogens with zero attached hydrogens (tertiary/aromatic N) is 3. The highest BCUT2D eigenvalue weighted by molar-refractivity contribution is 7.99. The van der Waals surface area contributed by atoms with E-state index >= 15 is 0 Å². The van der Waals surface area contributed by atoms with E-state index in [9.17, 15) is 0 Å². The molecule has 0 saturated heterocycles. The lowest BCUT2D eigenvalue weighted by Crippen LogP contribution is -2.33. The summed E-state index contributed by atoms with van der Waals surface area (Å²) < 4.78 is 2.39. The molecule has 21 heavy (non-hydrogen) atoms. The first-order valence-electron chi connectivity index (χ1n) is 8.61. The number of aromatic nitrogens is 3. The van der Waals surface area contributed by atoms with E-state index < -0.39 is 0 Å². The van der Waals surface area contributed by atoms with E-state index in [0.717, 1.165) is 25.4 Å². The van der Waals surface area contributed by atoms with Crippen molar-refractivity contribution in [3.05, 3.63) is 5.82 Å². The highest BCUT2D eigenvalue weighted by Gasteiger charge is 2.34. The number of rotatable bonds is 5. The smallest absolute Gasteiger partial charge is 0.191 e. The van der Waals surface area contributed by atoms with Crippen LogP contribution in [0.3, 0.4) is 0 Å². The highest BCUT2D eigenvalue weighted by Crippen LogP contribution is 2.38. The first-order valence-corrected chi connectivity index (χ1v) is 9.49. The fourth-order valence-corrected chi connectivity index (χ4v) is 4.93. The molecule has 3 rings (SSSR count). The van der Waals surface area contributed by atoms with Gasteiger partial charge < -0.3 is 9.88 Å². The molecule has 3 atom stereocenters. The lowest BCUT2D eigenvalue weighted by atomic mass is 10.1. The Morgan fingerprint density at radius 1 is 1.24 bits per heavy atom. The summed E-state index contributed by atoms with van der Waals surface area (Å²) in [4.78, 5) is 0. The third-order valence-electron chi connectivity index (χ3n) is 4.97. The molecule has 3 unspecified atom stereocenters. The van der Waals surface area contributed by atoms with Gasteiger partial charge in [0.1, 0.15) is 5.82 Å². The van der Waals surface area contributed by atoms with Gasteiger partial charge in [-0.05, 0) is 44.6 Å². The minimum atomic E-state index is 0.689. The zero-order chi connectivity index (χ0) is 14.7.